The first-order valence-electron chi connectivity index (χ1n) is 14.8. The van der Waals surface area contributed by atoms with E-state index in [1.54, 1.807) is 79.7 Å². The molecule has 6 rings (SSSR count). The number of carboxylic acid groups (broad SMARTS) is 2. The van der Waals surface area contributed by atoms with Gasteiger partial charge in [-0.3, -0.25) is 24.0 Å². The number of amides is 1. The molecule has 12 nitrogen and oxygen atoms in total. The number of anilines is 1. The number of nitrogens with zero attached hydrogens (tertiary/aromatic N) is 2. The number of carbonyl (C=O) groups excluding carboxylic acids is 3. The van der Waals surface area contributed by atoms with E-state index in [1.165, 1.54) is 11.3 Å². The van der Waals surface area contributed by atoms with E-state index < -0.39 is 23.9 Å². The number of benzene rings is 3. The van der Waals surface area contributed by atoms with Gasteiger partial charge in [0.25, 0.3) is 11.5 Å². The van der Waals surface area contributed by atoms with Crippen molar-refractivity contribution in [3.05, 3.63) is 128 Å². The fraction of sp³-hybridized carbons (Fsp3) is 0.171. The Morgan fingerprint density at radius 2 is 1.46 bits per heavy atom. The van der Waals surface area contributed by atoms with Gasteiger partial charge in [-0.05, 0) is 43.2 Å². The maximum Gasteiger partial charge on any atom is 0.326 e. The topological polar surface area (TPSA) is 187 Å². The quantitative estimate of drug-likeness (QED) is 0.172. The van der Waals surface area contributed by atoms with E-state index in [0.717, 1.165) is 10.6 Å². The summed E-state index contributed by atoms with van der Waals surface area (Å²) in [5.41, 5.74) is 3.32. The molecule has 13 heteroatoms. The average molecular weight is 667 g/mol. The molecule has 2 heterocycles. The molecule has 5 aromatic rings. The molecule has 4 N–H and O–H groups in total. The molecule has 1 atom stereocenters. The van der Waals surface area contributed by atoms with Crippen LogP contribution in [-0.2, 0) is 16.1 Å². The molecule has 0 spiro atoms. The minimum absolute atomic E-state index is 0.0641. The van der Waals surface area contributed by atoms with Gasteiger partial charge < -0.3 is 25.4 Å². The van der Waals surface area contributed by atoms with Crippen LogP contribution in [0.5, 0.6) is 0 Å². The van der Waals surface area contributed by atoms with E-state index in [2.05, 4.69) is 15.3 Å². The fourth-order valence-corrected chi connectivity index (χ4v) is 6.08. The highest BCUT2D eigenvalue weighted by Gasteiger charge is 2.28. The summed E-state index contributed by atoms with van der Waals surface area (Å²) in [5, 5.41) is 21.6. The SMILES string of the molecule is Cc1nc2ccc(CN(C)c3ccc(C(=O)NC(CCC(=O)O)C(=O)O)s3)cc2c(=O)[nH]1.O=C1c2ccccc2C(=O)c2ccccc21. The third-order valence-corrected chi connectivity index (χ3v) is 8.78. The van der Waals surface area contributed by atoms with Gasteiger partial charge in [0.15, 0.2) is 11.6 Å². The Morgan fingerprint density at radius 3 is 2.00 bits per heavy atom. The van der Waals surface area contributed by atoms with Crippen molar-refractivity contribution in [1.29, 1.82) is 0 Å². The van der Waals surface area contributed by atoms with Crippen LogP contribution in [0.1, 0.15) is 65.7 Å². The highest BCUT2D eigenvalue weighted by atomic mass is 32.1. The van der Waals surface area contributed by atoms with Crippen molar-refractivity contribution < 1.29 is 34.2 Å². The van der Waals surface area contributed by atoms with Gasteiger partial charge in [-0.25, -0.2) is 9.78 Å². The number of H-pyrrole nitrogens is 1. The second-order valence-corrected chi connectivity index (χ2v) is 12.1. The fourth-order valence-electron chi connectivity index (χ4n) is 5.21. The Balaban J connectivity index is 0.000000233. The van der Waals surface area contributed by atoms with Gasteiger partial charge in [0.2, 0.25) is 0 Å². The zero-order chi connectivity index (χ0) is 34.5. The van der Waals surface area contributed by atoms with E-state index in [4.69, 9.17) is 5.11 Å². The molecule has 0 saturated heterocycles. The number of thiophene rings is 1. The molecule has 2 aromatic heterocycles. The van der Waals surface area contributed by atoms with Crippen molar-refractivity contribution in [2.45, 2.75) is 32.4 Å². The summed E-state index contributed by atoms with van der Waals surface area (Å²) in [5.74, 6) is -2.58. The number of ketones is 2. The summed E-state index contributed by atoms with van der Waals surface area (Å²) in [7, 11) is 1.84. The molecule has 0 fully saturated rings. The van der Waals surface area contributed by atoms with Crippen molar-refractivity contribution in [1.82, 2.24) is 15.3 Å². The minimum atomic E-state index is -1.29. The van der Waals surface area contributed by atoms with Crippen LogP contribution < -0.4 is 15.8 Å². The number of hydrogen-bond acceptors (Lipinski definition) is 9. The summed E-state index contributed by atoms with van der Waals surface area (Å²) in [6.45, 7) is 2.19. The normalized spacial score (nSPS) is 12.3. The van der Waals surface area contributed by atoms with E-state index in [-0.39, 0.29) is 30.0 Å². The molecular formula is C35H30N4O8S. The number of aryl methyl sites for hydroxylation is 1. The summed E-state index contributed by atoms with van der Waals surface area (Å²) < 4.78 is 0. The molecule has 0 radical (unpaired) electrons. The highest BCUT2D eigenvalue weighted by molar-refractivity contribution is 7.18. The van der Waals surface area contributed by atoms with E-state index in [1.807, 2.05) is 18.0 Å². The Hall–Kier alpha value is -5.95. The third kappa shape index (κ3) is 7.37. The van der Waals surface area contributed by atoms with Crippen molar-refractivity contribution >= 4 is 56.7 Å². The van der Waals surface area contributed by atoms with Crippen LogP contribution in [0.3, 0.4) is 0 Å². The zero-order valence-corrected chi connectivity index (χ0v) is 26.7. The molecule has 1 unspecified atom stereocenters. The van der Waals surface area contributed by atoms with Gasteiger partial charge in [-0.1, -0.05) is 54.6 Å². The minimum Gasteiger partial charge on any atom is -0.481 e. The molecular weight excluding hydrogens is 636 g/mol. The summed E-state index contributed by atoms with van der Waals surface area (Å²) in [6, 6.07) is 21.4. The van der Waals surface area contributed by atoms with Crippen LogP contribution in [0.15, 0.2) is 83.7 Å². The molecule has 0 aliphatic heterocycles. The largest absolute Gasteiger partial charge is 0.481 e. The van der Waals surface area contributed by atoms with E-state index in [0.29, 0.717) is 50.4 Å². The first kappa shape index (κ1) is 33.4. The number of aromatic amines is 1. The predicted molar refractivity (Wildman–Crippen MR) is 179 cm³/mol. The van der Waals surface area contributed by atoms with Gasteiger partial charge in [-0.2, -0.15) is 0 Å². The summed E-state index contributed by atoms with van der Waals surface area (Å²) in [4.78, 5) is 80.0. The first-order chi connectivity index (χ1) is 22.9. The Bertz CT molecular complexity index is 2030. The van der Waals surface area contributed by atoms with Crippen molar-refractivity contribution in [3.63, 3.8) is 0 Å². The Kier molecular flexibility index (Phi) is 9.90. The number of nitrogens with one attached hydrogen (secondary N) is 2. The zero-order valence-electron chi connectivity index (χ0n) is 25.9. The van der Waals surface area contributed by atoms with Crippen LogP contribution in [-0.4, -0.2) is 62.7 Å². The predicted octanol–water partition coefficient (Wildman–Crippen LogP) is 4.44. The number of rotatable bonds is 9. The van der Waals surface area contributed by atoms with Crippen molar-refractivity contribution in [3.8, 4) is 0 Å². The van der Waals surface area contributed by atoms with Gasteiger partial charge >= 0.3 is 11.9 Å². The van der Waals surface area contributed by atoms with E-state index >= 15 is 0 Å². The maximum atomic E-state index is 12.4. The lowest BCUT2D eigenvalue weighted by atomic mass is 9.84. The van der Waals surface area contributed by atoms with Crippen LogP contribution >= 0.6 is 11.3 Å². The van der Waals surface area contributed by atoms with Gasteiger partial charge in [0.1, 0.15) is 11.9 Å². The third-order valence-electron chi connectivity index (χ3n) is 7.58. The lowest BCUT2D eigenvalue weighted by Gasteiger charge is -2.17. The highest BCUT2D eigenvalue weighted by Crippen LogP contribution is 2.28. The van der Waals surface area contributed by atoms with Gasteiger partial charge in [0.05, 0.1) is 20.8 Å². The molecule has 0 saturated carbocycles. The molecule has 244 valence electrons. The van der Waals surface area contributed by atoms with Gasteiger partial charge in [-0.15, -0.1) is 11.3 Å². The number of aromatic nitrogens is 2. The molecule has 1 aliphatic rings. The molecule has 3 aromatic carbocycles. The number of hydrogen-bond donors (Lipinski definition) is 4. The van der Waals surface area contributed by atoms with E-state index in [9.17, 15) is 33.9 Å². The number of carboxylic acids is 2. The van der Waals surface area contributed by atoms with Crippen LogP contribution in [0.2, 0.25) is 0 Å². The molecule has 48 heavy (non-hydrogen) atoms. The van der Waals surface area contributed by atoms with Crippen LogP contribution in [0.25, 0.3) is 10.9 Å². The standard InChI is InChI=1S/C21H22N4O6S.C14H8O2/c1-11-22-14-4-3-12(9-13(14)19(28)23-11)10-25(2)17-7-6-16(32-17)20(29)24-15(21(30)31)5-8-18(26)27;15-13-9-5-1-2-6-10(9)14(16)12-8-4-3-7-11(12)13/h3-4,6-7,9,15H,5,8,10H2,1-2H3,(H,24,29)(H,26,27)(H,30,31)(H,22,23,28);1-8H. The smallest absolute Gasteiger partial charge is 0.326 e. The van der Waals surface area contributed by atoms with Crippen LogP contribution in [0.4, 0.5) is 5.00 Å². The second kappa shape index (κ2) is 14.2. The lowest BCUT2D eigenvalue weighted by molar-refractivity contribution is -0.140. The number of carbonyl (C=O) groups is 5. The van der Waals surface area contributed by atoms with Crippen molar-refractivity contribution in [2.24, 2.45) is 0 Å². The van der Waals surface area contributed by atoms with Crippen LogP contribution in [0, 0.1) is 6.92 Å². The van der Waals surface area contributed by atoms with Crippen molar-refractivity contribution in [2.75, 3.05) is 11.9 Å². The lowest BCUT2D eigenvalue weighted by Crippen LogP contribution is -2.40. The molecule has 0 bridgehead atoms. The summed E-state index contributed by atoms with van der Waals surface area (Å²) >= 11 is 1.18. The number of fused-ring (bicyclic) bond motifs is 3. The average Bonchev–Trinajstić information content (AvgIpc) is 3.57. The number of aliphatic carboxylic acids is 2. The Morgan fingerprint density at radius 1 is 0.875 bits per heavy atom. The monoisotopic (exact) mass is 666 g/mol. The molecule has 1 aliphatic carbocycles. The first-order valence-corrected chi connectivity index (χ1v) is 15.6. The Labute approximate surface area is 277 Å². The maximum absolute atomic E-state index is 12.4. The van der Waals surface area contributed by atoms with Gasteiger partial charge in [0, 0.05) is 42.3 Å². The summed E-state index contributed by atoms with van der Waals surface area (Å²) in [6.07, 6.45) is -0.566. The second-order valence-electron chi connectivity index (χ2n) is 11.0. The molecule has 1 amide bonds.